The second-order valence-electron chi connectivity index (χ2n) is 5.81. The lowest BCUT2D eigenvalue weighted by atomic mass is 10.1. The van der Waals surface area contributed by atoms with E-state index in [4.69, 9.17) is 9.52 Å². The Hall–Kier alpha value is -3.06. The maximum Gasteiger partial charge on any atom is 0.416 e. The molecule has 0 aliphatic rings. The molecule has 3 heterocycles. The highest BCUT2D eigenvalue weighted by Gasteiger charge is 2.30. The molecule has 7 heteroatoms. The van der Waals surface area contributed by atoms with Crippen LogP contribution in [0.5, 0.6) is 0 Å². The van der Waals surface area contributed by atoms with Gasteiger partial charge in [-0.25, -0.2) is 4.98 Å². The molecule has 0 aliphatic carbocycles. The Morgan fingerprint density at radius 3 is 2.31 bits per heavy atom. The van der Waals surface area contributed by atoms with Gasteiger partial charge in [0.15, 0.2) is 0 Å². The number of alkyl halides is 3. The molecule has 0 atom stereocenters. The van der Waals surface area contributed by atoms with Gasteiger partial charge in [0.25, 0.3) is 0 Å². The molecular formula is C19H13F3N2O2. The number of aliphatic hydroxyl groups excluding tert-OH is 1. The van der Waals surface area contributed by atoms with Crippen LogP contribution in [0.15, 0.2) is 65.3 Å². The number of nitrogens with zero attached hydrogens (tertiary/aromatic N) is 2. The van der Waals surface area contributed by atoms with Gasteiger partial charge in [0.2, 0.25) is 0 Å². The summed E-state index contributed by atoms with van der Waals surface area (Å²) in [5.74, 6) is 1.08. The molecule has 0 bridgehead atoms. The molecule has 0 amide bonds. The van der Waals surface area contributed by atoms with Gasteiger partial charge < -0.3 is 13.9 Å². The molecule has 132 valence electrons. The average molecular weight is 358 g/mol. The Balaban J connectivity index is 1.69. The molecule has 26 heavy (non-hydrogen) atoms. The molecule has 1 N–H and O–H groups in total. The van der Waals surface area contributed by atoms with Crippen LogP contribution in [0.2, 0.25) is 0 Å². The van der Waals surface area contributed by atoms with Crippen LogP contribution in [0, 0.1) is 0 Å². The Bertz CT molecular complexity index is 1060. The summed E-state index contributed by atoms with van der Waals surface area (Å²) in [6, 6.07) is 12.0. The van der Waals surface area contributed by atoms with Crippen molar-refractivity contribution in [3.63, 3.8) is 0 Å². The minimum atomic E-state index is -4.36. The number of imidazole rings is 1. The quantitative estimate of drug-likeness (QED) is 0.574. The summed E-state index contributed by atoms with van der Waals surface area (Å²) in [5, 5.41) is 9.09. The Labute approximate surface area is 146 Å². The average Bonchev–Trinajstić information content (AvgIpc) is 3.27. The molecule has 0 unspecified atom stereocenters. The summed E-state index contributed by atoms with van der Waals surface area (Å²) in [5.41, 5.74) is 1.95. The first-order valence-electron chi connectivity index (χ1n) is 7.80. The number of fused-ring (bicyclic) bond motifs is 1. The SMILES string of the molecule is OCc1ccc(-c2ccc3nc(-c4ccc(C(F)(F)F)cc4)cn3c2)o1. The normalized spacial score (nSPS) is 12.0. The zero-order chi connectivity index (χ0) is 18.3. The van der Waals surface area contributed by atoms with Gasteiger partial charge in [-0.2, -0.15) is 13.2 Å². The van der Waals surface area contributed by atoms with Crippen LogP contribution in [0.4, 0.5) is 13.2 Å². The van der Waals surface area contributed by atoms with Gasteiger partial charge in [0.05, 0.1) is 11.3 Å². The maximum absolute atomic E-state index is 12.7. The number of hydrogen-bond acceptors (Lipinski definition) is 3. The van der Waals surface area contributed by atoms with Crippen LogP contribution >= 0.6 is 0 Å². The topological polar surface area (TPSA) is 50.7 Å². The van der Waals surface area contributed by atoms with E-state index in [0.717, 1.165) is 17.7 Å². The first-order chi connectivity index (χ1) is 12.4. The molecule has 4 aromatic rings. The number of furan rings is 1. The van der Waals surface area contributed by atoms with Crippen LogP contribution < -0.4 is 0 Å². The number of aliphatic hydroxyl groups is 1. The third kappa shape index (κ3) is 2.97. The van der Waals surface area contributed by atoms with Gasteiger partial charge in [0.1, 0.15) is 23.8 Å². The number of benzene rings is 1. The lowest BCUT2D eigenvalue weighted by molar-refractivity contribution is -0.137. The van der Waals surface area contributed by atoms with E-state index in [1.165, 1.54) is 12.1 Å². The van der Waals surface area contributed by atoms with E-state index < -0.39 is 11.7 Å². The second-order valence-corrected chi connectivity index (χ2v) is 5.81. The number of pyridine rings is 1. The highest BCUT2D eigenvalue weighted by molar-refractivity contribution is 5.65. The Morgan fingerprint density at radius 1 is 0.923 bits per heavy atom. The molecule has 3 aromatic heterocycles. The van der Waals surface area contributed by atoms with E-state index in [9.17, 15) is 13.2 Å². The molecule has 0 spiro atoms. The van der Waals surface area contributed by atoms with Crippen molar-refractivity contribution in [1.82, 2.24) is 9.38 Å². The highest BCUT2D eigenvalue weighted by atomic mass is 19.4. The van der Waals surface area contributed by atoms with Crippen LogP contribution in [0.1, 0.15) is 11.3 Å². The Morgan fingerprint density at radius 2 is 1.65 bits per heavy atom. The fourth-order valence-electron chi connectivity index (χ4n) is 2.72. The van der Waals surface area contributed by atoms with E-state index in [2.05, 4.69) is 4.98 Å². The van der Waals surface area contributed by atoms with Crippen molar-refractivity contribution in [2.75, 3.05) is 0 Å². The summed E-state index contributed by atoms with van der Waals surface area (Å²) in [7, 11) is 0. The number of aromatic nitrogens is 2. The van der Waals surface area contributed by atoms with Gasteiger partial charge in [-0.1, -0.05) is 12.1 Å². The molecule has 1 aromatic carbocycles. The summed E-state index contributed by atoms with van der Waals surface area (Å²) >= 11 is 0. The third-order valence-corrected chi connectivity index (χ3v) is 4.06. The van der Waals surface area contributed by atoms with Crippen molar-refractivity contribution in [3.05, 3.63) is 72.2 Å². The van der Waals surface area contributed by atoms with Crippen LogP contribution in [-0.2, 0) is 12.8 Å². The third-order valence-electron chi connectivity index (χ3n) is 4.06. The van der Waals surface area contributed by atoms with Crippen molar-refractivity contribution < 1.29 is 22.7 Å². The fraction of sp³-hybridized carbons (Fsp3) is 0.105. The Kier molecular flexibility index (Phi) is 3.81. The van der Waals surface area contributed by atoms with E-state index in [1.807, 2.05) is 12.3 Å². The van der Waals surface area contributed by atoms with Gasteiger partial charge >= 0.3 is 6.18 Å². The van der Waals surface area contributed by atoms with Gasteiger partial charge in [-0.05, 0) is 36.4 Å². The minimum absolute atomic E-state index is 0.175. The van der Waals surface area contributed by atoms with E-state index in [0.29, 0.717) is 28.4 Å². The number of rotatable bonds is 3. The standard InChI is InChI=1S/C19H13F3N2O2/c20-19(21,22)14-4-1-12(2-5-14)16-10-24-9-13(3-8-18(24)23-16)17-7-6-15(11-25)26-17/h1-10,25H,11H2. The predicted molar refractivity (Wildman–Crippen MR) is 89.3 cm³/mol. The zero-order valence-electron chi connectivity index (χ0n) is 13.4. The van der Waals surface area contributed by atoms with Gasteiger partial charge in [-0.3, -0.25) is 0 Å². The molecule has 4 nitrogen and oxygen atoms in total. The summed E-state index contributed by atoms with van der Waals surface area (Å²) in [4.78, 5) is 4.44. The zero-order valence-corrected chi connectivity index (χ0v) is 13.4. The van der Waals surface area contributed by atoms with Gasteiger partial charge in [-0.15, -0.1) is 0 Å². The number of hydrogen-bond donors (Lipinski definition) is 1. The van der Waals surface area contributed by atoms with E-state index >= 15 is 0 Å². The highest BCUT2D eigenvalue weighted by Crippen LogP contribution is 2.31. The second kappa shape index (κ2) is 6.03. The van der Waals surface area contributed by atoms with Crippen molar-refractivity contribution in [1.29, 1.82) is 0 Å². The molecule has 0 saturated carbocycles. The monoisotopic (exact) mass is 358 g/mol. The summed E-state index contributed by atoms with van der Waals surface area (Å²) < 4.78 is 45.3. The van der Waals surface area contributed by atoms with Crippen LogP contribution in [0.3, 0.4) is 0 Å². The van der Waals surface area contributed by atoms with Crippen molar-refractivity contribution in [3.8, 4) is 22.6 Å². The lowest BCUT2D eigenvalue weighted by Gasteiger charge is -2.06. The minimum Gasteiger partial charge on any atom is -0.459 e. The molecule has 4 rings (SSSR count). The molecule has 0 radical (unpaired) electrons. The van der Waals surface area contributed by atoms with E-state index in [-0.39, 0.29) is 6.61 Å². The molecule has 0 aliphatic heterocycles. The largest absolute Gasteiger partial charge is 0.459 e. The van der Waals surface area contributed by atoms with Crippen molar-refractivity contribution in [2.45, 2.75) is 12.8 Å². The lowest BCUT2D eigenvalue weighted by Crippen LogP contribution is -2.03. The van der Waals surface area contributed by atoms with Gasteiger partial charge in [0, 0.05) is 23.5 Å². The first kappa shape index (κ1) is 16.4. The molecular weight excluding hydrogens is 345 g/mol. The summed E-state index contributed by atoms with van der Waals surface area (Å²) in [6.07, 6.45) is -0.796. The van der Waals surface area contributed by atoms with Crippen molar-refractivity contribution >= 4 is 5.65 Å². The van der Waals surface area contributed by atoms with Crippen LogP contribution in [0.25, 0.3) is 28.2 Å². The fourth-order valence-corrected chi connectivity index (χ4v) is 2.72. The van der Waals surface area contributed by atoms with Crippen molar-refractivity contribution in [2.24, 2.45) is 0 Å². The van der Waals surface area contributed by atoms with Crippen LogP contribution in [-0.4, -0.2) is 14.5 Å². The summed E-state index contributed by atoms with van der Waals surface area (Å²) in [6.45, 7) is -0.175. The molecule has 0 saturated heterocycles. The van der Waals surface area contributed by atoms with E-state index in [1.54, 1.807) is 28.8 Å². The first-order valence-corrected chi connectivity index (χ1v) is 7.80. The molecule has 0 fully saturated rings. The smallest absolute Gasteiger partial charge is 0.416 e. The predicted octanol–water partition coefficient (Wildman–Crippen LogP) is 4.77. The number of halogens is 3. The maximum atomic E-state index is 12.7.